The van der Waals surface area contributed by atoms with E-state index in [0.717, 1.165) is 10.7 Å². The topological polar surface area (TPSA) is 69.6 Å². The third-order valence-electron chi connectivity index (χ3n) is 2.48. The Hall–Kier alpha value is -2.15. The summed E-state index contributed by atoms with van der Waals surface area (Å²) in [4.78, 5) is 0. The highest BCUT2D eigenvalue weighted by molar-refractivity contribution is 7.98. The van der Waals surface area contributed by atoms with Crippen molar-refractivity contribution in [2.24, 2.45) is 7.05 Å². The summed E-state index contributed by atoms with van der Waals surface area (Å²) in [6.45, 7) is 0. The van der Waals surface area contributed by atoms with E-state index in [1.807, 2.05) is 41.9 Å². The maximum absolute atomic E-state index is 5.61. The lowest BCUT2D eigenvalue weighted by Gasteiger charge is -1.96. The second kappa shape index (κ2) is 5.23. The van der Waals surface area contributed by atoms with Gasteiger partial charge >= 0.3 is 0 Å². The second-order valence-corrected chi connectivity index (χ2v) is 4.82. The zero-order valence-corrected chi connectivity index (χ0v) is 11.0. The molecule has 3 rings (SSSR count). The van der Waals surface area contributed by atoms with Gasteiger partial charge in [-0.2, -0.15) is 0 Å². The maximum atomic E-state index is 5.61. The summed E-state index contributed by atoms with van der Waals surface area (Å²) in [5.41, 5.74) is 0.921. The molecule has 0 bridgehead atoms. The maximum Gasteiger partial charge on any atom is 0.247 e. The highest BCUT2D eigenvalue weighted by Crippen LogP contribution is 2.22. The predicted octanol–water partition coefficient (Wildman–Crippen LogP) is 2.16. The lowest BCUT2D eigenvalue weighted by Crippen LogP contribution is -1.89. The zero-order valence-electron chi connectivity index (χ0n) is 10.2. The van der Waals surface area contributed by atoms with Crippen LogP contribution >= 0.6 is 11.8 Å². The number of rotatable bonds is 4. The molecule has 7 heteroatoms. The lowest BCUT2D eigenvalue weighted by atomic mass is 10.2. The molecule has 0 saturated carbocycles. The number of aromatic nitrogens is 5. The van der Waals surface area contributed by atoms with Crippen LogP contribution in [-0.4, -0.2) is 25.0 Å². The van der Waals surface area contributed by atoms with E-state index in [2.05, 4.69) is 20.4 Å². The van der Waals surface area contributed by atoms with Crippen LogP contribution in [0.4, 0.5) is 0 Å². The molecule has 6 nitrogen and oxygen atoms in total. The lowest BCUT2D eigenvalue weighted by molar-refractivity contribution is 0.528. The van der Waals surface area contributed by atoms with E-state index in [1.54, 1.807) is 6.33 Å². The summed E-state index contributed by atoms with van der Waals surface area (Å²) in [5.74, 6) is 1.69. The third-order valence-corrected chi connectivity index (χ3v) is 3.50. The van der Waals surface area contributed by atoms with Gasteiger partial charge in [-0.25, -0.2) is 0 Å². The molecule has 0 fully saturated rings. The van der Waals surface area contributed by atoms with Crippen molar-refractivity contribution in [2.75, 3.05) is 0 Å². The molecular weight excluding hydrogens is 262 g/mol. The Labute approximate surface area is 113 Å². The monoisotopic (exact) mass is 273 g/mol. The molecule has 2 aromatic heterocycles. The first kappa shape index (κ1) is 11.9. The fraction of sp³-hybridized carbons (Fsp3) is 0.167. The SMILES string of the molecule is Cn1cnnc1SCc1nnc(-c2ccccc2)o1. The van der Waals surface area contributed by atoms with Crippen molar-refractivity contribution in [3.8, 4) is 11.5 Å². The van der Waals surface area contributed by atoms with Crippen molar-refractivity contribution < 1.29 is 4.42 Å². The van der Waals surface area contributed by atoms with E-state index in [0.29, 0.717) is 17.5 Å². The van der Waals surface area contributed by atoms with Gasteiger partial charge in [0, 0.05) is 12.6 Å². The molecule has 3 aromatic rings. The first-order valence-electron chi connectivity index (χ1n) is 5.67. The van der Waals surface area contributed by atoms with Crippen LogP contribution < -0.4 is 0 Å². The van der Waals surface area contributed by atoms with Gasteiger partial charge in [-0.15, -0.1) is 20.4 Å². The Morgan fingerprint density at radius 1 is 1.16 bits per heavy atom. The molecule has 0 unspecified atom stereocenters. The van der Waals surface area contributed by atoms with Gasteiger partial charge in [-0.1, -0.05) is 30.0 Å². The predicted molar refractivity (Wildman–Crippen MR) is 70.3 cm³/mol. The second-order valence-electron chi connectivity index (χ2n) is 3.88. The standard InChI is InChI=1S/C12H11N5OS/c1-17-8-13-16-12(17)19-7-10-14-15-11(18-10)9-5-3-2-4-6-9/h2-6,8H,7H2,1H3. The summed E-state index contributed by atoms with van der Waals surface area (Å²) >= 11 is 1.51. The zero-order chi connectivity index (χ0) is 13.1. The van der Waals surface area contributed by atoms with E-state index in [-0.39, 0.29) is 0 Å². The molecule has 0 radical (unpaired) electrons. The molecule has 2 heterocycles. The highest BCUT2D eigenvalue weighted by Gasteiger charge is 2.10. The first-order chi connectivity index (χ1) is 9.33. The van der Waals surface area contributed by atoms with Crippen LogP contribution in [0.25, 0.3) is 11.5 Å². The number of hydrogen-bond donors (Lipinski definition) is 0. The molecule has 0 atom stereocenters. The molecule has 0 aliphatic rings. The highest BCUT2D eigenvalue weighted by atomic mass is 32.2. The van der Waals surface area contributed by atoms with Gasteiger partial charge in [0.15, 0.2) is 5.16 Å². The van der Waals surface area contributed by atoms with Crippen molar-refractivity contribution in [1.82, 2.24) is 25.0 Å². The van der Waals surface area contributed by atoms with Crippen LogP contribution in [0, 0.1) is 0 Å². The molecule has 0 amide bonds. The number of nitrogens with zero attached hydrogens (tertiary/aromatic N) is 5. The quantitative estimate of drug-likeness (QED) is 0.678. The fourth-order valence-corrected chi connectivity index (χ4v) is 2.26. The van der Waals surface area contributed by atoms with E-state index < -0.39 is 0 Å². The van der Waals surface area contributed by atoms with Gasteiger partial charge in [0.05, 0.1) is 5.75 Å². The van der Waals surface area contributed by atoms with E-state index in [9.17, 15) is 0 Å². The summed E-state index contributed by atoms with van der Waals surface area (Å²) in [6.07, 6.45) is 1.66. The molecule has 0 aliphatic heterocycles. The van der Waals surface area contributed by atoms with Crippen molar-refractivity contribution in [3.63, 3.8) is 0 Å². The Bertz CT molecular complexity index is 664. The van der Waals surface area contributed by atoms with Crippen LogP contribution in [0.1, 0.15) is 5.89 Å². The average Bonchev–Trinajstić information content (AvgIpc) is 3.06. The Balaban J connectivity index is 1.70. The molecule has 96 valence electrons. The number of thioether (sulfide) groups is 1. The van der Waals surface area contributed by atoms with Gasteiger partial charge in [-0.05, 0) is 12.1 Å². The van der Waals surface area contributed by atoms with Gasteiger partial charge < -0.3 is 8.98 Å². The summed E-state index contributed by atoms with van der Waals surface area (Å²) < 4.78 is 7.45. The van der Waals surface area contributed by atoms with Gasteiger partial charge in [0.25, 0.3) is 0 Å². The number of benzene rings is 1. The summed E-state index contributed by atoms with van der Waals surface area (Å²) in [5, 5.41) is 16.7. The average molecular weight is 273 g/mol. The summed E-state index contributed by atoms with van der Waals surface area (Å²) in [6, 6.07) is 9.70. The number of aryl methyl sites for hydroxylation is 1. The van der Waals surface area contributed by atoms with Crippen LogP contribution in [0.2, 0.25) is 0 Å². The van der Waals surface area contributed by atoms with Crippen molar-refractivity contribution in [3.05, 3.63) is 42.5 Å². The van der Waals surface area contributed by atoms with Gasteiger partial charge in [-0.3, -0.25) is 0 Å². The van der Waals surface area contributed by atoms with Crippen molar-refractivity contribution in [2.45, 2.75) is 10.9 Å². The minimum Gasteiger partial charge on any atom is -0.420 e. The molecule has 0 spiro atoms. The molecular formula is C12H11N5OS. The molecule has 0 N–H and O–H groups in total. The van der Waals surface area contributed by atoms with E-state index in [4.69, 9.17) is 4.42 Å². The van der Waals surface area contributed by atoms with E-state index in [1.165, 1.54) is 11.8 Å². The number of hydrogen-bond acceptors (Lipinski definition) is 6. The minimum absolute atomic E-state index is 0.536. The van der Waals surface area contributed by atoms with Gasteiger partial charge in [0.2, 0.25) is 11.8 Å². The molecule has 0 saturated heterocycles. The van der Waals surface area contributed by atoms with Crippen molar-refractivity contribution >= 4 is 11.8 Å². The van der Waals surface area contributed by atoms with Crippen LogP contribution in [0.5, 0.6) is 0 Å². The molecule has 19 heavy (non-hydrogen) atoms. The Morgan fingerprint density at radius 2 is 2.00 bits per heavy atom. The fourth-order valence-electron chi connectivity index (χ4n) is 1.54. The van der Waals surface area contributed by atoms with Crippen LogP contribution in [0.3, 0.4) is 0 Å². The smallest absolute Gasteiger partial charge is 0.247 e. The molecule has 0 aliphatic carbocycles. The normalized spacial score (nSPS) is 10.8. The summed E-state index contributed by atoms with van der Waals surface area (Å²) in [7, 11) is 1.89. The van der Waals surface area contributed by atoms with Gasteiger partial charge in [0.1, 0.15) is 6.33 Å². The van der Waals surface area contributed by atoms with Crippen molar-refractivity contribution in [1.29, 1.82) is 0 Å². The minimum atomic E-state index is 0.536. The Morgan fingerprint density at radius 3 is 2.74 bits per heavy atom. The van der Waals surface area contributed by atoms with E-state index >= 15 is 0 Å². The molecule has 1 aromatic carbocycles. The van der Waals surface area contributed by atoms with Crippen LogP contribution in [-0.2, 0) is 12.8 Å². The first-order valence-corrected chi connectivity index (χ1v) is 6.66. The van der Waals surface area contributed by atoms with Crippen LogP contribution in [0.15, 0.2) is 46.2 Å². The third kappa shape index (κ3) is 2.65. The Kier molecular flexibility index (Phi) is 3.28. The largest absolute Gasteiger partial charge is 0.420 e.